The maximum Gasteiger partial charge on any atom is 0.180 e. The molecule has 4 aromatic rings. The van der Waals surface area contributed by atoms with E-state index >= 15 is 0 Å². The van der Waals surface area contributed by atoms with Crippen LogP contribution in [0.4, 0.5) is 0 Å². The van der Waals surface area contributed by atoms with Crippen molar-refractivity contribution in [3.05, 3.63) is 60.0 Å². The third kappa shape index (κ3) is 2.31. The van der Waals surface area contributed by atoms with Gasteiger partial charge in [-0.05, 0) is 29.8 Å². The van der Waals surface area contributed by atoms with Gasteiger partial charge in [-0.15, -0.1) is 22.0 Å². The number of benzene rings is 1. The van der Waals surface area contributed by atoms with Crippen LogP contribution in [0.3, 0.4) is 0 Å². The van der Waals surface area contributed by atoms with E-state index in [2.05, 4.69) is 74.6 Å². The molecular weight excluding hydrogens is 334 g/mol. The van der Waals surface area contributed by atoms with Crippen molar-refractivity contribution >= 4 is 27.4 Å². The van der Waals surface area contributed by atoms with Crippen LogP contribution < -0.4 is 16.5 Å². The van der Waals surface area contributed by atoms with Crippen LogP contribution in [-0.2, 0) is 7.05 Å². The second-order valence-corrected chi connectivity index (χ2v) is 6.87. The Bertz CT molecular complexity index is 1070. The quantitative estimate of drug-likeness (QED) is 0.531. The summed E-state index contributed by atoms with van der Waals surface area (Å²) in [5, 5.41) is 4.16. The lowest BCUT2D eigenvalue weighted by Gasteiger charge is -2.07. The van der Waals surface area contributed by atoms with Crippen molar-refractivity contribution < 1.29 is 0 Å². The van der Waals surface area contributed by atoms with Crippen LogP contribution in [0.15, 0.2) is 60.2 Å². The van der Waals surface area contributed by atoms with E-state index in [0.29, 0.717) is 0 Å². The number of nitrogens with one attached hydrogen (secondary N) is 3. The monoisotopic (exact) mass is 349 g/mol. The van der Waals surface area contributed by atoms with Gasteiger partial charge < -0.3 is 9.13 Å². The molecule has 4 heterocycles. The van der Waals surface area contributed by atoms with Crippen LogP contribution in [0, 0.1) is 0 Å². The summed E-state index contributed by atoms with van der Waals surface area (Å²) in [4.78, 5) is 5.19. The topological polar surface area (TPSA) is 71.2 Å². The number of hydrazone groups is 1. The van der Waals surface area contributed by atoms with Gasteiger partial charge in [0.25, 0.3) is 0 Å². The van der Waals surface area contributed by atoms with Crippen molar-refractivity contribution in [2.75, 3.05) is 0 Å². The maximum atomic E-state index is 4.16. The van der Waals surface area contributed by atoms with Gasteiger partial charge in [0.05, 0.1) is 21.4 Å². The van der Waals surface area contributed by atoms with Gasteiger partial charge in [-0.3, -0.25) is 5.43 Å². The average molecular weight is 349 g/mol. The van der Waals surface area contributed by atoms with Gasteiger partial charge in [0, 0.05) is 30.8 Å². The third-order valence-electron chi connectivity index (χ3n) is 4.33. The van der Waals surface area contributed by atoms with Crippen LogP contribution in [0.25, 0.3) is 27.2 Å². The second-order valence-electron chi connectivity index (χ2n) is 5.79. The molecule has 3 N–H and O–H groups in total. The molecule has 124 valence electrons. The van der Waals surface area contributed by atoms with Crippen molar-refractivity contribution in [2.45, 2.75) is 0 Å². The molecule has 0 aliphatic carbocycles. The van der Waals surface area contributed by atoms with Crippen LogP contribution in [0.1, 0.15) is 4.88 Å². The Morgan fingerprint density at radius 2 is 2.00 bits per heavy atom. The largest absolute Gasteiger partial charge is 0.343 e. The first-order valence-corrected chi connectivity index (χ1v) is 8.63. The fourth-order valence-corrected chi connectivity index (χ4v) is 4.11. The standard InChI is InChI=1S/C17H15N7S/c1-23-13(11-2-4-12(5-3-11)24-7-6-18-10-24)8-15-14(23)9-16(25-15)17-19-21-22-20-17/h2-10,21-22H,1H3,(H,19,20). The van der Waals surface area contributed by atoms with Gasteiger partial charge in [-0.25, -0.2) is 10.5 Å². The predicted molar refractivity (Wildman–Crippen MR) is 99.3 cm³/mol. The number of hydrogen-bond acceptors (Lipinski definition) is 6. The van der Waals surface area contributed by atoms with E-state index in [-0.39, 0.29) is 0 Å². The summed E-state index contributed by atoms with van der Waals surface area (Å²) in [5.41, 5.74) is 13.1. The number of rotatable bonds is 3. The fraction of sp³-hybridized carbons (Fsp3) is 0.0588. The average Bonchev–Trinajstić information content (AvgIpc) is 3.41. The normalized spacial score (nSPS) is 13.7. The van der Waals surface area contributed by atoms with E-state index in [1.807, 2.05) is 10.8 Å². The Morgan fingerprint density at radius 3 is 2.68 bits per heavy atom. The molecule has 25 heavy (non-hydrogen) atoms. The molecule has 0 saturated carbocycles. The third-order valence-corrected chi connectivity index (χ3v) is 5.41. The molecule has 0 radical (unpaired) electrons. The number of hydrogen-bond donors (Lipinski definition) is 3. The number of fused-ring (bicyclic) bond motifs is 1. The van der Waals surface area contributed by atoms with Crippen LogP contribution >= 0.6 is 11.3 Å². The van der Waals surface area contributed by atoms with Gasteiger partial charge in [0.15, 0.2) is 5.84 Å². The molecule has 0 fully saturated rings. The zero-order valence-electron chi connectivity index (χ0n) is 13.4. The number of amidine groups is 1. The number of nitrogens with zero attached hydrogens (tertiary/aromatic N) is 4. The summed E-state index contributed by atoms with van der Waals surface area (Å²) in [6.45, 7) is 0. The molecule has 0 saturated heterocycles. The summed E-state index contributed by atoms with van der Waals surface area (Å²) < 4.78 is 5.46. The summed E-state index contributed by atoms with van der Waals surface area (Å²) in [5.74, 6) is 0.812. The molecule has 0 unspecified atom stereocenters. The van der Waals surface area contributed by atoms with E-state index in [9.17, 15) is 0 Å². The zero-order valence-corrected chi connectivity index (χ0v) is 14.2. The van der Waals surface area contributed by atoms with Gasteiger partial charge in [0.1, 0.15) is 0 Å². The van der Waals surface area contributed by atoms with Crippen molar-refractivity contribution in [1.29, 1.82) is 0 Å². The molecule has 8 heteroatoms. The van der Waals surface area contributed by atoms with Crippen molar-refractivity contribution in [3.63, 3.8) is 0 Å². The first-order valence-electron chi connectivity index (χ1n) is 7.82. The number of imidazole rings is 1. The van der Waals surface area contributed by atoms with Gasteiger partial charge in [0.2, 0.25) is 0 Å². The van der Waals surface area contributed by atoms with E-state index in [4.69, 9.17) is 0 Å². The molecule has 1 aromatic carbocycles. The summed E-state index contributed by atoms with van der Waals surface area (Å²) in [6.07, 6.45) is 5.53. The molecule has 0 amide bonds. The molecular formula is C17H15N7S. The number of hydrazine groups is 2. The molecule has 1 aliphatic rings. The Balaban J connectivity index is 1.52. The molecule has 0 spiro atoms. The zero-order chi connectivity index (χ0) is 16.8. The smallest absolute Gasteiger partial charge is 0.180 e. The molecule has 7 nitrogen and oxygen atoms in total. The number of thiophene rings is 1. The van der Waals surface area contributed by atoms with Crippen molar-refractivity contribution in [3.8, 4) is 16.9 Å². The summed E-state index contributed by atoms with van der Waals surface area (Å²) in [7, 11) is 2.10. The highest BCUT2D eigenvalue weighted by Crippen LogP contribution is 2.33. The highest BCUT2D eigenvalue weighted by molar-refractivity contribution is 7.20. The molecule has 0 bridgehead atoms. The first-order chi connectivity index (χ1) is 12.3. The second kappa shape index (κ2) is 5.47. The van der Waals surface area contributed by atoms with Crippen LogP contribution in [-0.4, -0.2) is 20.0 Å². The Hall–Kier alpha value is -3.10. The predicted octanol–water partition coefficient (Wildman–Crippen LogP) is 2.37. The molecule has 0 atom stereocenters. The lowest BCUT2D eigenvalue weighted by molar-refractivity contribution is 0.577. The minimum Gasteiger partial charge on any atom is -0.343 e. The maximum absolute atomic E-state index is 4.16. The van der Waals surface area contributed by atoms with Crippen LogP contribution in [0.5, 0.6) is 0 Å². The SMILES string of the molecule is Cn1c(-c2ccc(-n3ccnc3)cc2)cc2sc(C3=NNNN3)cc21. The van der Waals surface area contributed by atoms with E-state index < -0.39 is 0 Å². The molecule has 3 aromatic heterocycles. The minimum atomic E-state index is 0.812. The lowest BCUT2D eigenvalue weighted by Crippen LogP contribution is -2.34. The number of aromatic nitrogens is 3. The van der Waals surface area contributed by atoms with Gasteiger partial charge in [-0.2, -0.15) is 0 Å². The van der Waals surface area contributed by atoms with Crippen LogP contribution in [0.2, 0.25) is 0 Å². The summed E-state index contributed by atoms with van der Waals surface area (Å²) in [6, 6.07) is 12.9. The Morgan fingerprint density at radius 1 is 1.12 bits per heavy atom. The van der Waals surface area contributed by atoms with Gasteiger partial charge in [-0.1, -0.05) is 12.1 Å². The van der Waals surface area contributed by atoms with Crippen molar-refractivity contribution in [1.82, 2.24) is 30.6 Å². The minimum absolute atomic E-state index is 0.812. The van der Waals surface area contributed by atoms with E-state index in [1.54, 1.807) is 23.9 Å². The lowest BCUT2D eigenvalue weighted by atomic mass is 10.1. The summed E-state index contributed by atoms with van der Waals surface area (Å²) >= 11 is 1.72. The highest BCUT2D eigenvalue weighted by Gasteiger charge is 2.16. The number of aryl methyl sites for hydroxylation is 1. The van der Waals surface area contributed by atoms with E-state index in [0.717, 1.165) is 16.4 Å². The van der Waals surface area contributed by atoms with Gasteiger partial charge >= 0.3 is 0 Å². The molecule has 5 rings (SSSR count). The van der Waals surface area contributed by atoms with E-state index in [1.165, 1.54) is 21.5 Å². The fourth-order valence-electron chi connectivity index (χ4n) is 3.04. The Kier molecular flexibility index (Phi) is 3.12. The highest BCUT2D eigenvalue weighted by atomic mass is 32.1. The first kappa shape index (κ1) is 14.3. The van der Waals surface area contributed by atoms with Crippen molar-refractivity contribution in [2.24, 2.45) is 12.1 Å². The Labute approximate surface area is 147 Å². The molecule has 1 aliphatic heterocycles.